The van der Waals surface area contributed by atoms with Gasteiger partial charge in [0.15, 0.2) is 0 Å². The Balaban J connectivity index is 1.42. The minimum absolute atomic E-state index is 0.996. The molecule has 0 heteroatoms. The van der Waals surface area contributed by atoms with Crippen LogP contribution in [0, 0.1) is 0 Å². The third-order valence-electron chi connectivity index (χ3n) is 6.82. The minimum Gasteiger partial charge on any atom is -0.0616 e. The van der Waals surface area contributed by atoms with E-state index in [4.69, 9.17) is 0 Å². The summed E-state index contributed by atoms with van der Waals surface area (Å²) in [5, 5.41) is 7.85. The lowest BCUT2D eigenvalue weighted by atomic mass is 9.94. The lowest BCUT2D eigenvalue weighted by Crippen LogP contribution is -1.88. The third kappa shape index (κ3) is 2.55. The van der Waals surface area contributed by atoms with E-state index in [1.54, 1.807) is 0 Å². The molecule has 0 saturated carbocycles. The van der Waals surface area contributed by atoms with Crippen LogP contribution in [-0.4, -0.2) is 0 Å². The van der Waals surface area contributed by atoms with Crippen LogP contribution < -0.4 is 0 Å². The molecule has 0 unspecified atom stereocenters. The number of benzene rings is 6. The first-order chi connectivity index (χ1) is 15.3. The molecule has 7 rings (SSSR count). The standard InChI is InChI=1S/C31H20/c1-2-7-21-14-24(13-12-20(21)6-1)28-10-5-11-29-30-18-26-16-23-9-4-3-8-22(23)15-25(26)17-27(30)19-31(28)29/h1-18H,19H2. The van der Waals surface area contributed by atoms with Gasteiger partial charge in [-0.1, -0.05) is 84.9 Å². The van der Waals surface area contributed by atoms with Gasteiger partial charge in [0.05, 0.1) is 0 Å². The zero-order valence-corrected chi connectivity index (χ0v) is 17.1. The summed E-state index contributed by atoms with van der Waals surface area (Å²) in [6.45, 7) is 0. The molecule has 0 atom stereocenters. The van der Waals surface area contributed by atoms with Gasteiger partial charge in [-0.25, -0.2) is 0 Å². The number of hydrogen-bond donors (Lipinski definition) is 0. The van der Waals surface area contributed by atoms with E-state index < -0.39 is 0 Å². The number of rotatable bonds is 1. The first-order valence-corrected chi connectivity index (χ1v) is 10.9. The van der Waals surface area contributed by atoms with E-state index in [0.717, 1.165) is 6.42 Å². The first-order valence-electron chi connectivity index (χ1n) is 10.9. The van der Waals surface area contributed by atoms with Gasteiger partial charge in [-0.05, 0) is 96.4 Å². The van der Waals surface area contributed by atoms with E-state index >= 15 is 0 Å². The van der Waals surface area contributed by atoms with Gasteiger partial charge in [0.2, 0.25) is 0 Å². The highest BCUT2D eigenvalue weighted by Gasteiger charge is 2.22. The van der Waals surface area contributed by atoms with E-state index in [1.807, 2.05) is 0 Å². The lowest BCUT2D eigenvalue weighted by Gasteiger charge is -2.10. The smallest absolute Gasteiger partial charge is 0.000706 e. The van der Waals surface area contributed by atoms with Crippen molar-refractivity contribution in [2.45, 2.75) is 6.42 Å². The van der Waals surface area contributed by atoms with Crippen LogP contribution in [0.3, 0.4) is 0 Å². The van der Waals surface area contributed by atoms with Crippen LogP contribution >= 0.6 is 0 Å². The average Bonchev–Trinajstić information content (AvgIpc) is 3.18. The highest BCUT2D eigenvalue weighted by atomic mass is 14.3. The molecular formula is C31H20. The van der Waals surface area contributed by atoms with Crippen LogP contribution in [0.2, 0.25) is 0 Å². The second kappa shape index (κ2) is 6.30. The molecular weight excluding hydrogens is 372 g/mol. The van der Waals surface area contributed by atoms with Crippen LogP contribution in [0.25, 0.3) is 54.6 Å². The number of fused-ring (bicyclic) bond motifs is 6. The normalized spacial score (nSPS) is 12.4. The van der Waals surface area contributed by atoms with Crippen LogP contribution in [0.1, 0.15) is 11.1 Å². The fraction of sp³-hybridized carbons (Fsp3) is 0.0323. The van der Waals surface area contributed by atoms with Crippen molar-refractivity contribution in [2.75, 3.05) is 0 Å². The molecule has 0 aliphatic heterocycles. The van der Waals surface area contributed by atoms with Gasteiger partial charge < -0.3 is 0 Å². The van der Waals surface area contributed by atoms with E-state index in [2.05, 4.69) is 109 Å². The maximum atomic E-state index is 2.40. The van der Waals surface area contributed by atoms with Crippen molar-refractivity contribution in [1.29, 1.82) is 0 Å². The molecule has 0 saturated heterocycles. The Morgan fingerprint density at radius 1 is 0.387 bits per heavy atom. The average molecular weight is 393 g/mol. The second-order valence-corrected chi connectivity index (χ2v) is 8.63. The van der Waals surface area contributed by atoms with Crippen molar-refractivity contribution in [2.24, 2.45) is 0 Å². The zero-order chi connectivity index (χ0) is 20.4. The Hall–Kier alpha value is -3.90. The SMILES string of the molecule is c1cc(-c2ccc3ccccc3c2)c2c(c1)-c1cc3cc4ccccc4cc3cc1C2. The molecule has 0 fully saturated rings. The van der Waals surface area contributed by atoms with Gasteiger partial charge in [0, 0.05) is 0 Å². The molecule has 0 heterocycles. The molecule has 1 aliphatic carbocycles. The quantitative estimate of drug-likeness (QED) is 0.246. The van der Waals surface area contributed by atoms with Gasteiger partial charge >= 0.3 is 0 Å². The molecule has 0 N–H and O–H groups in total. The Morgan fingerprint density at radius 3 is 1.81 bits per heavy atom. The van der Waals surface area contributed by atoms with Crippen molar-refractivity contribution in [3.8, 4) is 22.3 Å². The Kier molecular flexibility index (Phi) is 3.42. The van der Waals surface area contributed by atoms with Crippen molar-refractivity contribution in [3.63, 3.8) is 0 Å². The molecule has 0 amide bonds. The van der Waals surface area contributed by atoms with Gasteiger partial charge in [-0.2, -0.15) is 0 Å². The van der Waals surface area contributed by atoms with Crippen LogP contribution in [-0.2, 0) is 6.42 Å². The Morgan fingerprint density at radius 2 is 1.03 bits per heavy atom. The summed E-state index contributed by atoms with van der Waals surface area (Å²) >= 11 is 0. The summed E-state index contributed by atoms with van der Waals surface area (Å²) in [5.74, 6) is 0. The summed E-state index contributed by atoms with van der Waals surface area (Å²) in [5.41, 5.74) is 8.32. The number of hydrogen-bond acceptors (Lipinski definition) is 0. The Bertz CT molecular complexity index is 1650. The molecule has 0 spiro atoms. The van der Waals surface area contributed by atoms with Crippen LogP contribution in [0.4, 0.5) is 0 Å². The molecule has 6 aromatic carbocycles. The molecule has 0 aromatic heterocycles. The molecule has 1 aliphatic rings. The predicted octanol–water partition coefficient (Wildman–Crippen LogP) is 8.38. The fourth-order valence-electron chi connectivity index (χ4n) is 5.28. The van der Waals surface area contributed by atoms with Crippen LogP contribution in [0.5, 0.6) is 0 Å². The summed E-state index contributed by atoms with van der Waals surface area (Å²) in [6.07, 6.45) is 0.996. The monoisotopic (exact) mass is 392 g/mol. The highest BCUT2D eigenvalue weighted by Crippen LogP contribution is 2.43. The molecule has 0 nitrogen and oxygen atoms in total. The van der Waals surface area contributed by atoms with E-state index in [1.165, 1.54) is 65.7 Å². The molecule has 0 bridgehead atoms. The largest absolute Gasteiger partial charge is 0.0616 e. The lowest BCUT2D eigenvalue weighted by molar-refractivity contribution is 1.27. The summed E-state index contributed by atoms with van der Waals surface area (Å²) in [7, 11) is 0. The maximum Gasteiger partial charge on any atom is -0.000706 e. The van der Waals surface area contributed by atoms with Gasteiger partial charge in [-0.3, -0.25) is 0 Å². The molecule has 0 radical (unpaired) electrons. The predicted molar refractivity (Wildman–Crippen MR) is 133 cm³/mol. The summed E-state index contributed by atoms with van der Waals surface area (Å²) in [4.78, 5) is 0. The Labute approximate surface area is 181 Å². The van der Waals surface area contributed by atoms with Crippen molar-refractivity contribution in [1.82, 2.24) is 0 Å². The van der Waals surface area contributed by atoms with Gasteiger partial charge in [-0.15, -0.1) is 0 Å². The fourth-order valence-corrected chi connectivity index (χ4v) is 5.28. The molecule has 144 valence electrons. The minimum atomic E-state index is 0.996. The summed E-state index contributed by atoms with van der Waals surface area (Å²) < 4.78 is 0. The van der Waals surface area contributed by atoms with E-state index in [9.17, 15) is 0 Å². The highest BCUT2D eigenvalue weighted by molar-refractivity contribution is 6.02. The van der Waals surface area contributed by atoms with Gasteiger partial charge in [0.1, 0.15) is 0 Å². The maximum absolute atomic E-state index is 2.40. The van der Waals surface area contributed by atoms with Crippen molar-refractivity contribution in [3.05, 3.63) is 120 Å². The van der Waals surface area contributed by atoms with Gasteiger partial charge in [0.25, 0.3) is 0 Å². The van der Waals surface area contributed by atoms with Crippen LogP contribution in [0.15, 0.2) is 109 Å². The van der Waals surface area contributed by atoms with Crippen molar-refractivity contribution < 1.29 is 0 Å². The summed E-state index contributed by atoms with van der Waals surface area (Å²) in [6, 6.07) is 40.3. The topological polar surface area (TPSA) is 0 Å². The molecule has 6 aromatic rings. The third-order valence-corrected chi connectivity index (χ3v) is 6.82. The molecule has 31 heavy (non-hydrogen) atoms. The first kappa shape index (κ1) is 16.8. The second-order valence-electron chi connectivity index (χ2n) is 8.63. The van der Waals surface area contributed by atoms with Crippen molar-refractivity contribution >= 4 is 32.3 Å². The van der Waals surface area contributed by atoms with E-state index in [0.29, 0.717) is 0 Å². The van der Waals surface area contributed by atoms with E-state index in [-0.39, 0.29) is 0 Å². The zero-order valence-electron chi connectivity index (χ0n) is 17.1.